The quantitative estimate of drug-likeness (QED) is 0.0716. The number of benzene rings is 3. The van der Waals surface area contributed by atoms with Gasteiger partial charge in [-0.05, 0) is 84.7 Å². The lowest BCUT2D eigenvalue weighted by atomic mass is 9.78. The SMILES string of the molecule is C=CC1CCC(c2ccc(CC(F)(F)COc3ccc(OCC(F)(F)Cc4ccc(CCCCCCCC)cc4)c(F)c3F)cc2)CC1. The molecule has 4 rings (SSSR count). The first kappa shape index (κ1) is 37.4. The lowest BCUT2D eigenvalue weighted by Crippen LogP contribution is -2.29. The van der Waals surface area contributed by atoms with Crippen molar-refractivity contribution in [2.24, 2.45) is 5.92 Å². The van der Waals surface area contributed by atoms with E-state index in [0.717, 1.165) is 68.2 Å². The number of hydrogen-bond donors (Lipinski definition) is 0. The Morgan fingerprint density at radius 2 is 1.10 bits per heavy atom. The second-order valence-electron chi connectivity index (χ2n) is 13.3. The predicted molar refractivity (Wildman–Crippen MR) is 180 cm³/mol. The Morgan fingerprint density at radius 1 is 0.646 bits per heavy atom. The summed E-state index contributed by atoms with van der Waals surface area (Å²) in [5, 5.41) is 0. The summed E-state index contributed by atoms with van der Waals surface area (Å²) in [6.07, 6.45) is 12.9. The molecule has 0 bridgehead atoms. The lowest BCUT2D eigenvalue weighted by Gasteiger charge is -2.27. The summed E-state index contributed by atoms with van der Waals surface area (Å²) < 4.78 is 98.1. The highest BCUT2D eigenvalue weighted by Gasteiger charge is 2.33. The normalized spacial score (nSPS) is 16.9. The molecular weight excluding hydrogens is 626 g/mol. The molecule has 0 aromatic heterocycles. The molecule has 3 aromatic rings. The second kappa shape index (κ2) is 17.8. The molecule has 0 aliphatic heterocycles. The van der Waals surface area contributed by atoms with Gasteiger partial charge >= 0.3 is 0 Å². The van der Waals surface area contributed by atoms with E-state index >= 15 is 0 Å². The third-order valence-corrected chi connectivity index (χ3v) is 9.21. The summed E-state index contributed by atoms with van der Waals surface area (Å²) in [5.41, 5.74) is 2.99. The number of rotatable bonds is 19. The van der Waals surface area contributed by atoms with Crippen LogP contribution in [-0.4, -0.2) is 25.1 Å². The molecule has 0 amide bonds. The van der Waals surface area contributed by atoms with Crippen molar-refractivity contribution in [3.05, 3.63) is 107 Å². The topological polar surface area (TPSA) is 18.5 Å². The predicted octanol–water partition coefficient (Wildman–Crippen LogP) is 11.8. The minimum absolute atomic E-state index is 0.395. The van der Waals surface area contributed by atoms with Gasteiger partial charge in [0, 0.05) is 12.8 Å². The van der Waals surface area contributed by atoms with Gasteiger partial charge < -0.3 is 9.47 Å². The maximum atomic E-state index is 14.7. The van der Waals surface area contributed by atoms with Crippen LogP contribution in [-0.2, 0) is 19.3 Å². The number of alkyl halides is 4. The molecule has 0 N–H and O–H groups in total. The van der Waals surface area contributed by atoms with E-state index in [9.17, 15) is 26.3 Å². The van der Waals surface area contributed by atoms with Crippen LogP contribution in [0.4, 0.5) is 26.3 Å². The highest BCUT2D eigenvalue weighted by atomic mass is 19.3. The summed E-state index contributed by atoms with van der Waals surface area (Å²) in [5.74, 6) is -10.5. The van der Waals surface area contributed by atoms with Gasteiger partial charge in [-0.3, -0.25) is 0 Å². The molecule has 0 radical (unpaired) electrons. The average Bonchev–Trinajstić information content (AvgIpc) is 3.07. The Hall–Kier alpha value is -3.42. The molecular formula is C40H48F6O2. The Bertz CT molecular complexity index is 1410. The van der Waals surface area contributed by atoms with E-state index in [4.69, 9.17) is 9.47 Å². The van der Waals surface area contributed by atoms with E-state index in [1.54, 1.807) is 24.3 Å². The summed E-state index contributed by atoms with van der Waals surface area (Å²) >= 11 is 0. The van der Waals surface area contributed by atoms with Gasteiger partial charge in [-0.15, -0.1) is 6.58 Å². The molecule has 1 aliphatic carbocycles. The maximum Gasteiger partial charge on any atom is 0.285 e. The number of aryl methyl sites for hydroxylation is 1. The van der Waals surface area contributed by atoms with E-state index in [0.29, 0.717) is 23.0 Å². The number of ether oxygens (including phenoxy) is 2. The first-order chi connectivity index (χ1) is 23.0. The minimum Gasteiger partial charge on any atom is -0.484 e. The van der Waals surface area contributed by atoms with Crippen LogP contribution >= 0.6 is 0 Å². The van der Waals surface area contributed by atoms with Crippen LogP contribution in [0.2, 0.25) is 0 Å². The van der Waals surface area contributed by atoms with Crippen molar-refractivity contribution in [1.82, 2.24) is 0 Å². The van der Waals surface area contributed by atoms with Crippen molar-refractivity contribution >= 4 is 0 Å². The van der Waals surface area contributed by atoms with Crippen molar-refractivity contribution < 1.29 is 35.8 Å². The molecule has 3 aromatic carbocycles. The number of hydrogen-bond acceptors (Lipinski definition) is 2. The summed E-state index contributed by atoms with van der Waals surface area (Å²) in [7, 11) is 0. The minimum atomic E-state index is -3.36. The van der Waals surface area contributed by atoms with Gasteiger partial charge in [0.2, 0.25) is 11.6 Å². The molecule has 0 atom stereocenters. The number of unbranched alkanes of at least 4 members (excludes halogenated alkanes) is 5. The van der Waals surface area contributed by atoms with Crippen molar-refractivity contribution in [2.45, 2.75) is 108 Å². The van der Waals surface area contributed by atoms with Crippen molar-refractivity contribution in [2.75, 3.05) is 13.2 Å². The Labute approximate surface area is 281 Å². The van der Waals surface area contributed by atoms with Crippen LogP contribution < -0.4 is 9.47 Å². The van der Waals surface area contributed by atoms with Gasteiger partial charge in [-0.1, -0.05) is 93.6 Å². The number of allylic oxidation sites excluding steroid dienone is 1. The molecule has 1 fully saturated rings. The average molecular weight is 675 g/mol. The van der Waals surface area contributed by atoms with Crippen molar-refractivity contribution in [3.63, 3.8) is 0 Å². The molecule has 0 saturated heterocycles. The molecule has 48 heavy (non-hydrogen) atoms. The summed E-state index contributed by atoms with van der Waals surface area (Å²) in [6, 6.07) is 15.8. The summed E-state index contributed by atoms with van der Waals surface area (Å²) in [4.78, 5) is 0. The van der Waals surface area contributed by atoms with Gasteiger partial charge in [0.1, 0.15) is 0 Å². The standard InChI is InChI=1S/C40H48F6O2/c1-3-5-6-7-8-9-10-30-11-13-31(14-12-30)25-39(43,44)27-47-35-23-24-36(38(42)37(35)41)48-28-40(45,46)26-32-17-21-34(22-18-32)33-19-15-29(4-2)16-20-33/h4,11-14,17-18,21-24,29,33H,2-3,5-10,15-16,19-20,25-28H2,1H3. The van der Waals surface area contributed by atoms with E-state index in [2.05, 4.69) is 13.5 Å². The third kappa shape index (κ3) is 11.6. The van der Waals surface area contributed by atoms with Gasteiger partial charge in [0.05, 0.1) is 0 Å². The van der Waals surface area contributed by atoms with E-state index in [-0.39, 0.29) is 0 Å². The molecule has 1 aliphatic rings. The van der Waals surface area contributed by atoms with Gasteiger partial charge in [0.15, 0.2) is 24.7 Å². The zero-order valence-corrected chi connectivity index (χ0v) is 27.9. The van der Waals surface area contributed by atoms with Gasteiger partial charge in [-0.2, -0.15) is 8.78 Å². The lowest BCUT2D eigenvalue weighted by molar-refractivity contribution is -0.0429. The zero-order chi connectivity index (χ0) is 34.6. The fourth-order valence-corrected chi connectivity index (χ4v) is 6.33. The first-order valence-electron chi connectivity index (χ1n) is 17.3. The monoisotopic (exact) mass is 674 g/mol. The third-order valence-electron chi connectivity index (χ3n) is 9.21. The molecule has 0 spiro atoms. The molecule has 8 heteroatoms. The highest BCUT2D eigenvalue weighted by molar-refractivity contribution is 5.35. The van der Waals surface area contributed by atoms with Gasteiger partial charge in [0.25, 0.3) is 11.8 Å². The Kier molecular flexibility index (Phi) is 13.9. The summed E-state index contributed by atoms with van der Waals surface area (Å²) in [6.45, 7) is 3.67. The molecule has 2 nitrogen and oxygen atoms in total. The van der Waals surface area contributed by atoms with Crippen LogP contribution in [0, 0.1) is 17.6 Å². The first-order valence-corrected chi connectivity index (χ1v) is 17.3. The largest absolute Gasteiger partial charge is 0.484 e. The Balaban J connectivity index is 1.23. The molecule has 1 saturated carbocycles. The van der Waals surface area contributed by atoms with E-state index < -0.39 is 61.0 Å². The van der Waals surface area contributed by atoms with Gasteiger partial charge in [-0.25, -0.2) is 17.6 Å². The van der Waals surface area contributed by atoms with Crippen molar-refractivity contribution in [3.8, 4) is 11.5 Å². The van der Waals surface area contributed by atoms with Crippen LogP contribution in [0.3, 0.4) is 0 Å². The molecule has 262 valence electrons. The van der Waals surface area contributed by atoms with Crippen LogP contribution in [0.1, 0.15) is 99.3 Å². The van der Waals surface area contributed by atoms with E-state index in [1.807, 2.05) is 30.3 Å². The Morgan fingerprint density at radius 3 is 1.60 bits per heavy atom. The van der Waals surface area contributed by atoms with Crippen LogP contribution in [0.25, 0.3) is 0 Å². The molecule has 0 heterocycles. The van der Waals surface area contributed by atoms with Crippen molar-refractivity contribution in [1.29, 1.82) is 0 Å². The van der Waals surface area contributed by atoms with Crippen LogP contribution in [0.5, 0.6) is 11.5 Å². The van der Waals surface area contributed by atoms with E-state index in [1.165, 1.54) is 25.7 Å². The number of halogens is 6. The second-order valence-corrected chi connectivity index (χ2v) is 13.3. The zero-order valence-electron chi connectivity index (χ0n) is 27.9. The maximum absolute atomic E-state index is 14.7. The van der Waals surface area contributed by atoms with Crippen LogP contribution in [0.15, 0.2) is 73.3 Å². The fourth-order valence-electron chi connectivity index (χ4n) is 6.33. The highest BCUT2D eigenvalue weighted by Crippen LogP contribution is 2.37. The fraction of sp³-hybridized carbons (Fsp3) is 0.500. The smallest absolute Gasteiger partial charge is 0.285 e. The molecule has 0 unspecified atom stereocenters.